The fourth-order valence-electron chi connectivity index (χ4n) is 1.72. The molecule has 0 aliphatic carbocycles. The first-order valence-electron chi connectivity index (χ1n) is 4.36. The zero-order valence-corrected chi connectivity index (χ0v) is 8.81. The van der Waals surface area contributed by atoms with E-state index in [1.807, 2.05) is 0 Å². The molecule has 0 aromatic rings. The summed E-state index contributed by atoms with van der Waals surface area (Å²) in [5.41, 5.74) is -1.26. The van der Waals surface area contributed by atoms with E-state index in [0.717, 1.165) is 0 Å². The molecular weight excluding hydrogens is 210 g/mol. The maximum atomic E-state index is 11.1. The molecule has 2 aliphatic rings. The first-order chi connectivity index (χ1) is 6.33. The lowest BCUT2D eigenvalue weighted by Crippen LogP contribution is -2.48. The number of rotatable bonds is 0. The second kappa shape index (κ2) is 3.04. The molecule has 2 aliphatic heterocycles. The van der Waals surface area contributed by atoms with Crippen LogP contribution in [0, 0.1) is 0 Å². The van der Waals surface area contributed by atoms with Crippen molar-refractivity contribution in [1.82, 2.24) is 0 Å². The van der Waals surface area contributed by atoms with Crippen LogP contribution in [0.25, 0.3) is 0 Å². The van der Waals surface area contributed by atoms with E-state index in [1.165, 1.54) is 6.92 Å². The van der Waals surface area contributed by atoms with Gasteiger partial charge in [-0.3, -0.25) is 9.05 Å². The topological polar surface area (TPSA) is 85.2 Å². The lowest BCUT2D eigenvalue weighted by molar-refractivity contribution is -0.0714. The van der Waals surface area contributed by atoms with Crippen LogP contribution in [0.3, 0.4) is 0 Å². The van der Waals surface area contributed by atoms with E-state index in [2.05, 4.69) is 4.52 Å². The van der Waals surface area contributed by atoms with Crippen LogP contribution in [-0.4, -0.2) is 48.3 Å². The summed E-state index contributed by atoms with van der Waals surface area (Å²) in [7, 11) is -2.32. The zero-order chi connectivity index (χ0) is 10.6. The SMILES string of the molecule is B[C@@H]1O[C@@H]2COP(=O)(O)O[C@H]2[C@@]1(C)O. The number of phosphoric ester groups is 1. The molecule has 2 heterocycles. The Morgan fingerprint density at radius 1 is 1.64 bits per heavy atom. The van der Waals surface area contributed by atoms with Crippen molar-refractivity contribution >= 4 is 15.7 Å². The summed E-state index contributed by atoms with van der Waals surface area (Å²) in [6.07, 6.45) is -1.28. The summed E-state index contributed by atoms with van der Waals surface area (Å²) in [6.45, 7) is 1.49. The largest absolute Gasteiger partial charge is 0.472 e. The maximum Gasteiger partial charge on any atom is 0.472 e. The van der Waals surface area contributed by atoms with Crippen molar-refractivity contribution in [2.24, 2.45) is 0 Å². The van der Waals surface area contributed by atoms with Crippen LogP contribution in [0.2, 0.25) is 0 Å². The second-order valence-corrected chi connectivity index (χ2v) is 5.24. The lowest BCUT2D eigenvalue weighted by Gasteiger charge is -2.33. The number of aliphatic hydroxyl groups is 1. The van der Waals surface area contributed by atoms with Gasteiger partial charge in [0, 0.05) is 0 Å². The van der Waals surface area contributed by atoms with Gasteiger partial charge in [0.25, 0.3) is 0 Å². The van der Waals surface area contributed by atoms with Crippen molar-refractivity contribution in [1.29, 1.82) is 0 Å². The highest BCUT2D eigenvalue weighted by Crippen LogP contribution is 2.53. The molecule has 0 radical (unpaired) electrons. The molecule has 2 rings (SSSR count). The third-order valence-electron chi connectivity index (χ3n) is 2.76. The molecule has 80 valence electrons. The minimum atomic E-state index is -4.00. The van der Waals surface area contributed by atoms with Gasteiger partial charge in [0.05, 0.1) is 12.6 Å². The Bertz CT molecular complexity index is 294. The van der Waals surface area contributed by atoms with Gasteiger partial charge in [-0.2, -0.15) is 0 Å². The molecule has 0 aromatic heterocycles. The number of fused-ring (bicyclic) bond motifs is 1. The van der Waals surface area contributed by atoms with Crippen molar-refractivity contribution in [3.63, 3.8) is 0 Å². The van der Waals surface area contributed by atoms with Gasteiger partial charge in [0.2, 0.25) is 0 Å². The van der Waals surface area contributed by atoms with Crippen molar-refractivity contribution in [2.75, 3.05) is 6.61 Å². The molecule has 0 aromatic carbocycles. The average molecular weight is 222 g/mol. The van der Waals surface area contributed by atoms with Gasteiger partial charge in [-0.05, 0) is 6.92 Å². The molecule has 0 spiro atoms. The second-order valence-electron chi connectivity index (χ2n) is 3.83. The molecule has 1 unspecified atom stereocenters. The highest BCUT2D eigenvalue weighted by molar-refractivity contribution is 7.47. The van der Waals surface area contributed by atoms with Gasteiger partial charge in [-0.25, -0.2) is 4.57 Å². The predicted octanol–water partition coefficient (Wildman–Crippen LogP) is -1.39. The third kappa shape index (κ3) is 1.54. The highest BCUT2D eigenvalue weighted by Gasteiger charge is 2.56. The predicted molar refractivity (Wildman–Crippen MR) is 48.5 cm³/mol. The molecule has 0 bridgehead atoms. The van der Waals surface area contributed by atoms with E-state index in [1.54, 1.807) is 7.85 Å². The van der Waals surface area contributed by atoms with Gasteiger partial charge < -0.3 is 14.7 Å². The minimum Gasteiger partial charge on any atom is -0.385 e. The van der Waals surface area contributed by atoms with E-state index in [-0.39, 0.29) is 6.61 Å². The van der Waals surface area contributed by atoms with Gasteiger partial charge >= 0.3 is 7.82 Å². The van der Waals surface area contributed by atoms with Gasteiger partial charge in [-0.15, -0.1) is 0 Å². The Hall–Kier alpha value is 0.0949. The summed E-state index contributed by atoms with van der Waals surface area (Å²) < 4.78 is 25.8. The van der Waals surface area contributed by atoms with Crippen molar-refractivity contribution in [3.05, 3.63) is 0 Å². The molecular formula is C6H12BO6P. The summed E-state index contributed by atoms with van der Waals surface area (Å²) in [5.74, 6) is 0. The Morgan fingerprint density at radius 2 is 2.29 bits per heavy atom. The van der Waals surface area contributed by atoms with E-state index in [9.17, 15) is 9.67 Å². The maximum absolute atomic E-state index is 11.1. The molecule has 8 heteroatoms. The fraction of sp³-hybridized carbons (Fsp3) is 1.00. The van der Waals surface area contributed by atoms with E-state index in [0.29, 0.717) is 0 Å². The van der Waals surface area contributed by atoms with E-state index >= 15 is 0 Å². The van der Waals surface area contributed by atoms with Crippen LogP contribution >= 0.6 is 7.82 Å². The Balaban J connectivity index is 2.23. The Morgan fingerprint density at radius 3 is 2.93 bits per heavy atom. The summed E-state index contributed by atoms with van der Waals surface area (Å²) >= 11 is 0. The fourth-order valence-corrected chi connectivity index (χ4v) is 2.75. The van der Waals surface area contributed by atoms with Crippen LogP contribution in [-0.2, 0) is 18.3 Å². The molecule has 6 nitrogen and oxygen atoms in total. The number of phosphoric acid groups is 1. The average Bonchev–Trinajstić information content (AvgIpc) is 2.26. The van der Waals surface area contributed by atoms with Crippen LogP contribution in [0.1, 0.15) is 6.92 Å². The van der Waals surface area contributed by atoms with Crippen molar-refractivity contribution < 1.29 is 28.3 Å². The summed E-state index contributed by atoms with van der Waals surface area (Å²) in [6, 6.07) is -0.445. The quantitative estimate of drug-likeness (QED) is 0.387. The number of hydrogen-bond donors (Lipinski definition) is 2. The summed E-state index contributed by atoms with van der Waals surface area (Å²) in [4.78, 5) is 9.08. The van der Waals surface area contributed by atoms with Gasteiger partial charge in [-0.1, -0.05) is 0 Å². The molecule has 2 N–H and O–H groups in total. The van der Waals surface area contributed by atoms with Crippen LogP contribution < -0.4 is 0 Å². The van der Waals surface area contributed by atoms with Gasteiger partial charge in [0.15, 0.2) is 0 Å². The van der Waals surface area contributed by atoms with E-state index in [4.69, 9.17) is 14.2 Å². The molecule has 14 heavy (non-hydrogen) atoms. The lowest BCUT2D eigenvalue weighted by atomic mass is 9.82. The Kier molecular flexibility index (Phi) is 2.30. The molecule has 2 fully saturated rings. The molecule has 5 atom stereocenters. The van der Waals surface area contributed by atoms with Crippen LogP contribution in [0.5, 0.6) is 0 Å². The molecule has 2 saturated heterocycles. The first-order valence-corrected chi connectivity index (χ1v) is 5.86. The molecule has 0 saturated carbocycles. The minimum absolute atomic E-state index is 0.0288. The zero-order valence-electron chi connectivity index (χ0n) is 7.91. The third-order valence-corrected chi connectivity index (χ3v) is 3.73. The normalized spacial score (nSPS) is 58.4. The van der Waals surface area contributed by atoms with E-state index < -0.39 is 31.6 Å². The monoisotopic (exact) mass is 222 g/mol. The highest BCUT2D eigenvalue weighted by atomic mass is 31.2. The standard InChI is InChI=1S/C6H12BO6P/c1-6(8)4-3(12-5(6)7)2-11-14(9,10)13-4/h3-5,8H,2,7H2,1H3,(H,9,10)/t3-,4-,5-,6-/m1/s1. The Labute approximate surface area is 82.2 Å². The summed E-state index contributed by atoms with van der Waals surface area (Å²) in [5, 5.41) is 9.95. The van der Waals surface area contributed by atoms with Crippen LogP contribution in [0.15, 0.2) is 0 Å². The smallest absolute Gasteiger partial charge is 0.385 e. The first kappa shape index (κ1) is 10.6. The molecule has 0 amide bonds. The van der Waals surface area contributed by atoms with Crippen LogP contribution in [0.4, 0.5) is 0 Å². The number of hydrogen-bond acceptors (Lipinski definition) is 5. The van der Waals surface area contributed by atoms with Gasteiger partial charge in [0.1, 0.15) is 25.7 Å². The van der Waals surface area contributed by atoms with Crippen molar-refractivity contribution in [2.45, 2.75) is 30.7 Å². The number of ether oxygens (including phenoxy) is 1. The van der Waals surface area contributed by atoms with Crippen molar-refractivity contribution in [3.8, 4) is 0 Å².